The van der Waals surface area contributed by atoms with Crippen LogP contribution in [-0.2, 0) is 0 Å². The molecule has 1 atom stereocenters. The van der Waals surface area contributed by atoms with Crippen molar-refractivity contribution in [2.45, 2.75) is 6.42 Å². The molecule has 2 rings (SSSR count). The Balaban J connectivity index is 2.15. The Morgan fingerprint density at radius 1 is 1.35 bits per heavy atom. The zero-order valence-electron chi connectivity index (χ0n) is 9.90. The van der Waals surface area contributed by atoms with Gasteiger partial charge in [0.1, 0.15) is 5.82 Å². The van der Waals surface area contributed by atoms with Crippen LogP contribution in [0.25, 0.3) is 0 Å². The van der Waals surface area contributed by atoms with E-state index in [0.717, 1.165) is 19.5 Å². The predicted molar refractivity (Wildman–Crippen MR) is 65.5 cm³/mol. The zero-order valence-corrected chi connectivity index (χ0v) is 9.90. The summed E-state index contributed by atoms with van der Waals surface area (Å²) < 4.78 is 12.8. The van der Waals surface area contributed by atoms with E-state index in [-0.39, 0.29) is 17.5 Å². The van der Waals surface area contributed by atoms with Crippen LogP contribution in [-0.4, -0.2) is 30.8 Å². The fraction of sp³-hybridized carbons (Fsp3) is 0.357. The van der Waals surface area contributed by atoms with Crippen LogP contribution in [0.4, 0.5) is 4.39 Å². The number of halogens is 1. The quantitative estimate of drug-likeness (QED) is 0.578. The minimum absolute atomic E-state index is 0.0648. The molecule has 1 aliphatic heterocycles. The highest BCUT2D eigenvalue weighted by molar-refractivity contribution is 5.99. The molecule has 0 aromatic heterocycles. The Labute approximate surface area is 101 Å². The summed E-state index contributed by atoms with van der Waals surface area (Å²) in [5.41, 5.74) is 0.580. The Hall–Kier alpha value is -1.48. The van der Waals surface area contributed by atoms with E-state index in [1.54, 1.807) is 12.1 Å². The molecular weight excluding hydrogens is 217 g/mol. The topological polar surface area (TPSA) is 20.3 Å². The monoisotopic (exact) mass is 233 g/mol. The van der Waals surface area contributed by atoms with Crippen LogP contribution in [0.2, 0.25) is 0 Å². The van der Waals surface area contributed by atoms with Gasteiger partial charge in [-0.3, -0.25) is 4.79 Å². The number of hydrogen-bond acceptors (Lipinski definition) is 2. The highest BCUT2D eigenvalue weighted by atomic mass is 19.1. The third-order valence-electron chi connectivity index (χ3n) is 3.02. The number of carbonyl (C=O) groups is 1. The summed E-state index contributed by atoms with van der Waals surface area (Å²) in [4.78, 5) is 14.4. The lowest BCUT2D eigenvalue weighted by Crippen LogP contribution is -2.28. The van der Waals surface area contributed by atoms with Gasteiger partial charge in [0.15, 0.2) is 5.78 Å². The van der Waals surface area contributed by atoms with E-state index in [1.807, 2.05) is 13.1 Å². The maximum atomic E-state index is 12.8. The van der Waals surface area contributed by atoms with Crippen molar-refractivity contribution in [2.24, 2.45) is 5.92 Å². The number of ketones is 1. The van der Waals surface area contributed by atoms with Crippen molar-refractivity contribution in [3.63, 3.8) is 0 Å². The van der Waals surface area contributed by atoms with Crippen LogP contribution < -0.4 is 0 Å². The van der Waals surface area contributed by atoms with Gasteiger partial charge >= 0.3 is 0 Å². The minimum atomic E-state index is -0.310. The van der Waals surface area contributed by atoms with Crippen molar-refractivity contribution < 1.29 is 9.18 Å². The molecule has 0 radical (unpaired) electrons. The number of hydrogen-bond donors (Lipinski definition) is 0. The first-order chi connectivity index (χ1) is 8.16. The Kier molecular flexibility index (Phi) is 3.69. The van der Waals surface area contributed by atoms with Crippen LogP contribution in [0.5, 0.6) is 0 Å². The van der Waals surface area contributed by atoms with E-state index >= 15 is 0 Å². The SMILES string of the molecule is CN1CCC=CC(C(=O)c2ccc(F)cc2)C1. The standard InChI is InChI=1S/C14H16FNO/c1-16-9-3-2-4-12(10-16)14(17)11-5-7-13(15)8-6-11/h2,4-8,12H,3,9-10H2,1H3. The maximum Gasteiger partial charge on any atom is 0.170 e. The average molecular weight is 233 g/mol. The summed E-state index contributed by atoms with van der Waals surface area (Å²) in [7, 11) is 2.01. The lowest BCUT2D eigenvalue weighted by molar-refractivity contribution is 0.0925. The second-order valence-corrected chi connectivity index (χ2v) is 4.46. The molecule has 0 fully saturated rings. The lowest BCUT2D eigenvalue weighted by Gasteiger charge is -2.18. The van der Waals surface area contributed by atoms with E-state index in [4.69, 9.17) is 0 Å². The lowest BCUT2D eigenvalue weighted by atomic mass is 9.97. The van der Waals surface area contributed by atoms with Gasteiger partial charge in [-0.1, -0.05) is 12.2 Å². The molecule has 0 aliphatic carbocycles. The predicted octanol–water partition coefficient (Wildman–Crippen LogP) is 2.52. The third kappa shape index (κ3) is 3.01. The van der Waals surface area contributed by atoms with Crippen LogP contribution in [0.1, 0.15) is 16.8 Å². The average Bonchev–Trinajstić information content (AvgIpc) is 2.54. The number of carbonyl (C=O) groups excluding carboxylic acids is 1. The molecule has 3 heteroatoms. The van der Waals surface area contributed by atoms with Gasteiger partial charge in [-0.2, -0.15) is 0 Å². The molecule has 1 aliphatic rings. The van der Waals surface area contributed by atoms with Gasteiger partial charge in [0.2, 0.25) is 0 Å². The van der Waals surface area contributed by atoms with E-state index in [0.29, 0.717) is 5.56 Å². The maximum absolute atomic E-state index is 12.8. The van der Waals surface area contributed by atoms with Gasteiger partial charge in [-0.15, -0.1) is 0 Å². The molecule has 0 saturated carbocycles. The highest BCUT2D eigenvalue weighted by Crippen LogP contribution is 2.15. The van der Waals surface area contributed by atoms with Crippen molar-refractivity contribution in [3.8, 4) is 0 Å². The molecular formula is C14H16FNO. The van der Waals surface area contributed by atoms with Crippen molar-refractivity contribution in [3.05, 3.63) is 47.8 Å². The van der Waals surface area contributed by atoms with Gasteiger partial charge in [0.25, 0.3) is 0 Å². The molecule has 0 N–H and O–H groups in total. The molecule has 1 aromatic carbocycles. The first-order valence-corrected chi connectivity index (χ1v) is 5.82. The molecule has 2 nitrogen and oxygen atoms in total. The van der Waals surface area contributed by atoms with Crippen LogP contribution in [0, 0.1) is 11.7 Å². The molecule has 17 heavy (non-hydrogen) atoms. The van der Waals surface area contributed by atoms with Gasteiger partial charge in [-0.25, -0.2) is 4.39 Å². The molecule has 1 heterocycles. The smallest absolute Gasteiger partial charge is 0.170 e. The largest absolute Gasteiger partial charge is 0.305 e. The Morgan fingerprint density at radius 3 is 2.76 bits per heavy atom. The van der Waals surface area contributed by atoms with E-state index in [9.17, 15) is 9.18 Å². The van der Waals surface area contributed by atoms with E-state index in [1.165, 1.54) is 12.1 Å². The summed E-state index contributed by atoms with van der Waals surface area (Å²) in [6.45, 7) is 1.70. The minimum Gasteiger partial charge on any atom is -0.305 e. The van der Waals surface area contributed by atoms with Crippen LogP contribution in [0.3, 0.4) is 0 Å². The normalized spacial score (nSPS) is 21.2. The summed E-state index contributed by atoms with van der Waals surface area (Å²) in [6.07, 6.45) is 4.99. The number of Topliss-reactive ketones (excluding diaryl/α,β-unsaturated/α-hetero) is 1. The molecule has 0 amide bonds. The Bertz CT molecular complexity index is 424. The number of benzene rings is 1. The summed E-state index contributed by atoms with van der Waals surface area (Å²) >= 11 is 0. The van der Waals surface area contributed by atoms with Crippen molar-refractivity contribution in [2.75, 3.05) is 20.1 Å². The summed E-state index contributed by atoms with van der Waals surface area (Å²) in [6, 6.07) is 5.77. The number of rotatable bonds is 2. The molecule has 90 valence electrons. The van der Waals surface area contributed by atoms with Gasteiger partial charge < -0.3 is 4.90 Å². The van der Waals surface area contributed by atoms with Crippen molar-refractivity contribution in [1.82, 2.24) is 4.90 Å². The molecule has 1 aromatic rings. The third-order valence-corrected chi connectivity index (χ3v) is 3.02. The molecule has 0 saturated heterocycles. The van der Waals surface area contributed by atoms with Crippen LogP contribution in [0.15, 0.2) is 36.4 Å². The summed E-state index contributed by atoms with van der Waals surface area (Å²) in [5.74, 6) is -0.363. The number of nitrogens with zero attached hydrogens (tertiary/aromatic N) is 1. The van der Waals surface area contributed by atoms with Gasteiger partial charge in [-0.05, 0) is 37.7 Å². The van der Waals surface area contributed by atoms with Crippen molar-refractivity contribution >= 4 is 5.78 Å². The molecule has 0 bridgehead atoms. The second kappa shape index (κ2) is 5.23. The van der Waals surface area contributed by atoms with E-state index in [2.05, 4.69) is 11.0 Å². The van der Waals surface area contributed by atoms with Crippen LogP contribution >= 0.6 is 0 Å². The van der Waals surface area contributed by atoms with E-state index < -0.39 is 0 Å². The molecule has 0 spiro atoms. The fourth-order valence-corrected chi connectivity index (χ4v) is 2.04. The van der Waals surface area contributed by atoms with Gasteiger partial charge in [0, 0.05) is 18.7 Å². The Morgan fingerprint density at radius 2 is 2.06 bits per heavy atom. The summed E-state index contributed by atoms with van der Waals surface area (Å²) in [5, 5.41) is 0. The first-order valence-electron chi connectivity index (χ1n) is 5.82. The molecule has 1 unspecified atom stereocenters. The first kappa shape index (κ1) is 12.0. The zero-order chi connectivity index (χ0) is 12.3. The van der Waals surface area contributed by atoms with Gasteiger partial charge in [0.05, 0.1) is 5.92 Å². The highest BCUT2D eigenvalue weighted by Gasteiger charge is 2.20. The second-order valence-electron chi connectivity index (χ2n) is 4.46. The fourth-order valence-electron chi connectivity index (χ4n) is 2.04. The van der Waals surface area contributed by atoms with Crippen molar-refractivity contribution in [1.29, 1.82) is 0 Å².